The predicted molar refractivity (Wildman–Crippen MR) is 119 cm³/mol. The molecule has 2 aliphatic heterocycles. The summed E-state index contributed by atoms with van der Waals surface area (Å²) in [5.74, 6) is -0.242. The lowest BCUT2D eigenvalue weighted by Gasteiger charge is -2.30. The van der Waals surface area contributed by atoms with Gasteiger partial charge in [0, 0.05) is 37.6 Å². The number of hydrogen-bond acceptors (Lipinski definition) is 8. The SMILES string of the molecule is CCS(=O)(=O)N1CCc2cc(C(=O)COC(=O)C3CCN(c4ncccn4)CC3)ccc21. The number of anilines is 2. The highest BCUT2D eigenvalue weighted by Crippen LogP contribution is 2.31. The third-order valence-corrected chi connectivity index (χ3v) is 7.74. The second-order valence-electron chi connectivity index (χ2n) is 7.91. The molecule has 9 nitrogen and oxygen atoms in total. The largest absolute Gasteiger partial charge is 0.457 e. The van der Waals surface area contributed by atoms with Crippen LogP contribution in [0.1, 0.15) is 35.7 Å². The van der Waals surface area contributed by atoms with Gasteiger partial charge in [-0.3, -0.25) is 13.9 Å². The summed E-state index contributed by atoms with van der Waals surface area (Å²) >= 11 is 0. The third-order valence-electron chi connectivity index (χ3n) is 5.96. The Morgan fingerprint density at radius 3 is 2.53 bits per heavy atom. The molecule has 0 spiro atoms. The predicted octanol–water partition coefficient (Wildman–Crippen LogP) is 1.83. The number of nitrogens with zero attached hydrogens (tertiary/aromatic N) is 4. The molecule has 0 radical (unpaired) electrons. The van der Waals surface area contributed by atoms with E-state index in [2.05, 4.69) is 9.97 Å². The Morgan fingerprint density at radius 1 is 1.12 bits per heavy atom. The molecular weight excluding hydrogens is 432 g/mol. The minimum Gasteiger partial charge on any atom is -0.457 e. The Bertz CT molecular complexity index is 1100. The van der Waals surface area contributed by atoms with Gasteiger partial charge in [0.2, 0.25) is 16.0 Å². The van der Waals surface area contributed by atoms with E-state index in [-0.39, 0.29) is 30.0 Å². The van der Waals surface area contributed by atoms with Crippen molar-refractivity contribution in [3.05, 3.63) is 47.8 Å². The van der Waals surface area contributed by atoms with Crippen LogP contribution in [0.25, 0.3) is 0 Å². The molecule has 0 N–H and O–H groups in total. The van der Waals surface area contributed by atoms with Gasteiger partial charge in [-0.25, -0.2) is 18.4 Å². The van der Waals surface area contributed by atoms with Crippen molar-refractivity contribution in [2.75, 3.05) is 41.2 Å². The summed E-state index contributed by atoms with van der Waals surface area (Å²) in [7, 11) is -3.33. The summed E-state index contributed by atoms with van der Waals surface area (Å²) in [6, 6.07) is 6.71. The van der Waals surface area contributed by atoms with E-state index < -0.39 is 10.0 Å². The molecule has 1 fully saturated rings. The Balaban J connectivity index is 1.30. The first-order valence-electron chi connectivity index (χ1n) is 10.7. The van der Waals surface area contributed by atoms with Crippen LogP contribution in [0.3, 0.4) is 0 Å². The zero-order valence-electron chi connectivity index (χ0n) is 17.9. The molecule has 0 saturated carbocycles. The molecule has 0 unspecified atom stereocenters. The van der Waals surface area contributed by atoms with Crippen LogP contribution in [0, 0.1) is 5.92 Å². The van der Waals surface area contributed by atoms with E-state index >= 15 is 0 Å². The van der Waals surface area contributed by atoms with E-state index in [1.54, 1.807) is 43.6 Å². The number of rotatable bonds is 7. The van der Waals surface area contributed by atoms with Crippen molar-refractivity contribution in [2.24, 2.45) is 5.92 Å². The fourth-order valence-corrected chi connectivity index (χ4v) is 5.26. The number of piperidine rings is 1. The van der Waals surface area contributed by atoms with Crippen molar-refractivity contribution in [2.45, 2.75) is 26.2 Å². The van der Waals surface area contributed by atoms with Crippen LogP contribution in [0.15, 0.2) is 36.7 Å². The van der Waals surface area contributed by atoms with Crippen LogP contribution in [-0.4, -0.2) is 62.1 Å². The maximum absolute atomic E-state index is 12.6. The maximum Gasteiger partial charge on any atom is 0.309 e. The zero-order valence-corrected chi connectivity index (χ0v) is 18.8. The molecule has 3 heterocycles. The van der Waals surface area contributed by atoms with E-state index in [1.807, 2.05) is 4.90 Å². The van der Waals surface area contributed by atoms with E-state index in [1.165, 1.54) is 4.31 Å². The van der Waals surface area contributed by atoms with Gasteiger partial charge >= 0.3 is 5.97 Å². The first-order chi connectivity index (χ1) is 15.4. The molecule has 4 rings (SSSR count). The molecular formula is C22H26N4O5S. The first kappa shape index (κ1) is 22.2. The quantitative estimate of drug-likeness (QED) is 0.457. The summed E-state index contributed by atoms with van der Waals surface area (Å²) < 4.78 is 31.1. The lowest BCUT2D eigenvalue weighted by atomic mass is 9.97. The van der Waals surface area contributed by atoms with E-state index in [0.29, 0.717) is 56.1 Å². The standard InChI is InChI=1S/C22H26N4O5S/c1-2-32(29,30)26-13-8-17-14-18(4-5-19(17)26)20(27)15-31-21(28)16-6-11-25(12-7-16)22-23-9-3-10-24-22/h3-5,9-10,14,16H,2,6-8,11-13,15H2,1H3. The summed E-state index contributed by atoms with van der Waals surface area (Å²) in [5, 5.41) is 0. The number of sulfonamides is 1. The van der Waals surface area contributed by atoms with Gasteiger partial charge in [-0.05, 0) is 56.0 Å². The number of carbonyl (C=O) groups excluding carboxylic acids is 2. The lowest BCUT2D eigenvalue weighted by Crippen LogP contribution is -2.38. The average Bonchev–Trinajstić information content (AvgIpc) is 3.27. The summed E-state index contributed by atoms with van der Waals surface area (Å²) in [6.45, 7) is 2.97. The molecule has 1 saturated heterocycles. The average molecular weight is 459 g/mol. The van der Waals surface area contributed by atoms with Crippen LogP contribution in [0.4, 0.5) is 11.6 Å². The summed E-state index contributed by atoms with van der Waals surface area (Å²) in [4.78, 5) is 35.5. The second kappa shape index (κ2) is 9.23. The number of ether oxygens (including phenoxy) is 1. The smallest absolute Gasteiger partial charge is 0.309 e. The van der Waals surface area contributed by atoms with Gasteiger partial charge < -0.3 is 9.64 Å². The van der Waals surface area contributed by atoms with Crippen molar-refractivity contribution < 1.29 is 22.7 Å². The van der Waals surface area contributed by atoms with Crippen LogP contribution >= 0.6 is 0 Å². The second-order valence-corrected chi connectivity index (χ2v) is 10.1. The third kappa shape index (κ3) is 4.59. The molecule has 2 aliphatic rings. The van der Waals surface area contributed by atoms with Gasteiger partial charge in [0.25, 0.3) is 0 Å². The number of Topliss-reactive ketones (excluding diaryl/α,β-unsaturated/α-hetero) is 1. The zero-order chi connectivity index (χ0) is 22.7. The molecule has 0 aliphatic carbocycles. The van der Waals surface area contributed by atoms with Crippen molar-refractivity contribution in [1.82, 2.24) is 9.97 Å². The number of hydrogen-bond donors (Lipinski definition) is 0. The highest BCUT2D eigenvalue weighted by atomic mass is 32.2. The van der Waals surface area contributed by atoms with Gasteiger partial charge in [0.05, 0.1) is 17.4 Å². The molecule has 10 heteroatoms. The van der Waals surface area contributed by atoms with Crippen LogP contribution < -0.4 is 9.21 Å². The highest BCUT2D eigenvalue weighted by Gasteiger charge is 2.30. The Morgan fingerprint density at radius 2 is 1.84 bits per heavy atom. The highest BCUT2D eigenvalue weighted by molar-refractivity contribution is 7.92. The molecule has 1 aromatic carbocycles. The summed E-state index contributed by atoms with van der Waals surface area (Å²) in [6.07, 6.45) is 5.16. The first-order valence-corrected chi connectivity index (χ1v) is 12.3. The van der Waals surface area contributed by atoms with E-state index in [4.69, 9.17) is 4.74 Å². The van der Waals surface area contributed by atoms with E-state index in [9.17, 15) is 18.0 Å². The van der Waals surface area contributed by atoms with Crippen molar-refractivity contribution in [1.29, 1.82) is 0 Å². The molecule has 170 valence electrons. The van der Waals surface area contributed by atoms with Gasteiger partial charge in [0.1, 0.15) is 0 Å². The number of fused-ring (bicyclic) bond motifs is 1. The van der Waals surface area contributed by atoms with Gasteiger partial charge in [-0.2, -0.15) is 0 Å². The number of carbonyl (C=O) groups is 2. The van der Waals surface area contributed by atoms with E-state index in [0.717, 1.165) is 5.56 Å². The number of esters is 1. The number of ketones is 1. The van der Waals surface area contributed by atoms with Gasteiger partial charge in [0.15, 0.2) is 12.4 Å². The Hall–Kier alpha value is -3.01. The molecule has 0 atom stereocenters. The Kier molecular flexibility index (Phi) is 6.40. The molecule has 0 bridgehead atoms. The normalized spacial score (nSPS) is 16.7. The van der Waals surface area contributed by atoms with Crippen molar-refractivity contribution in [3.8, 4) is 0 Å². The minimum atomic E-state index is -3.33. The molecule has 2 aromatic rings. The number of aromatic nitrogens is 2. The monoisotopic (exact) mass is 458 g/mol. The fraction of sp³-hybridized carbons (Fsp3) is 0.455. The lowest BCUT2D eigenvalue weighted by molar-refractivity contribution is -0.148. The number of benzene rings is 1. The van der Waals surface area contributed by atoms with Crippen LogP contribution in [0.5, 0.6) is 0 Å². The molecule has 1 aromatic heterocycles. The fourth-order valence-electron chi connectivity index (χ4n) is 4.10. The topological polar surface area (TPSA) is 110 Å². The van der Waals surface area contributed by atoms with Crippen molar-refractivity contribution >= 4 is 33.4 Å². The maximum atomic E-state index is 12.6. The summed E-state index contributed by atoms with van der Waals surface area (Å²) in [5.41, 5.74) is 1.85. The molecule has 32 heavy (non-hydrogen) atoms. The minimum absolute atomic E-state index is 0.0281. The van der Waals surface area contributed by atoms with Gasteiger partial charge in [-0.1, -0.05) is 0 Å². The van der Waals surface area contributed by atoms with Crippen LogP contribution in [-0.2, 0) is 26.0 Å². The Labute approximate surface area is 187 Å². The van der Waals surface area contributed by atoms with Crippen LogP contribution in [0.2, 0.25) is 0 Å². The van der Waals surface area contributed by atoms with Crippen molar-refractivity contribution in [3.63, 3.8) is 0 Å². The van der Waals surface area contributed by atoms with Gasteiger partial charge in [-0.15, -0.1) is 0 Å². The molecule has 0 amide bonds.